The van der Waals surface area contributed by atoms with Crippen LogP contribution in [-0.2, 0) is 10.3 Å². The van der Waals surface area contributed by atoms with E-state index in [1.54, 1.807) is 0 Å². The molecule has 13 heavy (non-hydrogen) atoms. The second-order valence-electron chi connectivity index (χ2n) is 3.71. The fraction of sp³-hybridized carbons (Fsp3) is 0.273. The highest BCUT2D eigenvalue weighted by Crippen LogP contribution is 2.52. The summed E-state index contributed by atoms with van der Waals surface area (Å²) in [6.07, 6.45) is 4.31. The summed E-state index contributed by atoms with van der Waals surface area (Å²) in [5.74, 6) is 0. The lowest BCUT2D eigenvalue weighted by molar-refractivity contribution is 0.0114. The van der Waals surface area contributed by atoms with Gasteiger partial charge in [0.25, 0.3) is 0 Å². The first kappa shape index (κ1) is 7.60. The van der Waals surface area contributed by atoms with Crippen molar-refractivity contribution >= 4 is 11.6 Å². The van der Waals surface area contributed by atoms with Gasteiger partial charge in [-0.2, -0.15) is 0 Å². The van der Waals surface area contributed by atoms with Crippen LogP contribution in [0.5, 0.6) is 0 Å². The standard InChI is InChI=1S/C11H9ClO/c1-11-6-5-9(13-11)7-3-2-4-8(12)10(7)11/h2-6,9H,1H3. The molecule has 0 fully saturated rings. The van der Waals surface area contributed by atoms with Crippen molar-refractivity contribution in [1.82, 2.24) is 0 Å². The van der Waals surface area contributed by atoms with Crippen LogP contribution in [0, 0.1) is 0 Å². The van der Waals surface area contributed by atoms with Gasteiger partial charge in [0, 0.05) is 10.6 Å². The number of hydrogen-bond acceptors (Lipinski definition) is 1. The Labute approximate surface area is 82.0 Å². The molecule has 0 amide bonds. The van der Waals surface area contributed by atoms with E-state index in [0.29, 0.717) is 0 Å². The molecule has 2 heteroatoms. The van der Waals surface area contributed by atoms with Crippen LogP contribution in [0.2, 0.25) is 5.02 Å². The summed E-state index contributed by atoms with van der Waals surface area (Å²) < 4.78 is 5.82. The van der Waals surface area contributed by atoms with Crippen molar-refractivity contribution in [1.29, 1.82) is 0 Å². The summed E-state index contributed by atoms with van der Waals surface area (Å²) in [7, 11) is 0. The molecular formula is C11H9ClO. The molecule has 0 N–H and O–H groups in total. The minimum atomic E-state index is -0.279. The maximum atomic E-state index is 6.14. The molecule has 66 valence electrons. The molecule has 2 unspecified atom stereocenters. The van der Waals surface area contributed by atoms with Crippen LogP contribution in [0.25, 0.3) is 0 Å². The SMILES string of the molecule is CC12C=CC(O1)c1cccc(Cl)c12. The second-order valence-corrected chi connectivity index (χ2v) is 4.12. The van der Waals surface area contributed by atoms with E-state index in [1.165, 1.54) is 5.56 Å². The number of hydrogen-bond donors (Lipinski definition) is 0. The summed E-state index contributed by atoms with van der Waals surface area (Å²) in [5, 5.41) is 0.812. The van der Waals surface area contributed by atoms with Gasteiger partial charge >= 0.3 is 0 Å². The normalized spacial score (nSPS) is 33.8. The lowest BCUT2D eigenvalue weighted by Gasteiger charge is -2.18. The number of benzene rings is 1. The maximum Gasteiger partial charge on any atom is 0.112 e. The summed E-state index contributed by atoms with van der Waals surface area (Å²) in [5.41, 5.74) is 2.08. The van der Waals surface area contributed by atoms with E-state index in [2.05, 4.69) is 25.1 Å². The Balaban J connectivity index is 2.34. The van der Waals surface area contributed by atoms with Crippen molar-refractivity contribution < 1.29 is 4.74 Å². The van der Waals surface area contributed by atoms with Crippen molar-refractivity contribution in [2.24, 2.45) is 0 Å². The van der Waals surface area contributed by atoms with Gasteiger partial charge in [-0.3, -0.25) is 0 Å². The second kappa shape index (κ2) is 2.17. The molecule has 2 aliphatic heterocycles. The Kier molecular flexibility index (Phi) is 1.27. The van der Waals surface area contributed by atoms with E-state index >= 15 is 0 Å². The molecule has 0 spiro atoms. The van der Waals surface area contributed by atoms with E-state index in [9.17, 15) is 0 Å². The van der Waals surface area contributed by atoms with Gasteiger partial charge in [0.1, 0.15) is 11.7 Å². The number of rotatable bonds is 0. The molecule has 1 nitrogen and oxygen atoms in total. The summed E-state index contributed by atoms with van der Waals surface area (Å²) in [6.45, 7) is 2.06. The van der Waals surface area contributed by atoms with E-state index in [0.717, 1.165) is 10.6 Å². The van der Waals surface area contributed by atoms with Crippen molar-refractivity contribution in [2.45, 2.75) is 18.6 Å². The maximum absolute atomic E-state index is 6.14. The fourth-order valence-corrected chi connectivity index (χ4v) is 2.59. The van der Waals surface area contributed by atoms with E-state index in [-0.39, 0.29) is 11.7 Å². The lowest BCUT2D eigenvalue weighted by Crippen LogP contribution is -2.15. The van der Waals surface area contributed by atoms with Crippen LogP contribution >= 0.6 is 11.6 Å². The molecule has 0 saturated heterocycles. The zero-order valence-corrected chi connectivity index (χ0v) is 8.01. The molecule has 0 aliphatic carbocycles. The molecular weight excluding hydrogens is 184 g/mol. The Bertz CT molecular complexity index is 411. The van der Waals surface area contributed by atoms with Gasteiger partial charge in [0.05, 0.1) is 0 Å². The Hall–Kier alpha value is -0.790. The summed E-state index contributed by atoms with van der Waals surface area (Å²) in [6, 6.07) is 5.98. The van der Waals surface area contributed by atoms with Crippen LogP contribution in [0.3, 0.4) is 0 Å². The first-order valence-corrected chi connectivity index (χ1v) is 4.74. The highest BCUT2D eigenvalue weighted by atomic mass is 35.5. The third-order valence-corrected chi connectivity index (χ3v) is 3.12. The average Bonchev–Trinajstić information content (AvgIpc) is 2.59. The monoisotopic (exact) mass is 192 g/mol. The molecule has 0 radical (unpaired) electrons. The highest BCUT2D eigenvalue weighted by molar-refractivity contribution is 6.31. The predicted molar refractivity (Wildman–Crippen MR) is 51.8 cm³/mol. The zero-order chi connectivity index (χ0) is 9.05. The molecule has 0 saturated carbocycles. The van der Waals surface area contributed by atoms with Crippen molar-refractivity contribution in [3.8, 4) is 0 Å². The minimum Gasteiger partial charge on any atom is -0.354 e. The van der Waals surface area contributed by atoms with Crippen LogP contribution < -0.4 is 0 Å². The number of fused-ring (bicyclic) bond motifs is 5. The molecule has 1 aromatic rings. The van der Waals surface area contributed by atoms with Crippen molar-refractivity contribution in [3.05, 3.63) is 46.5 Å². The highest BCUT2D eigenvalue weighted by Gasteiger charge is 2.44. The average molecular weight is 193 g/mol. The molecule has 0 aromatic heterocycles. The molecule has 2 heterocycles. The van der Waals surface area contributed by atoms with Crippen LogP contribution in [-0.4, -0.2) is 0 Å². The van der Waals surface area contributed by atoms with Gasteiger partial charge in [-0.25, -0.2) is 0 Å². The molecule has 1 aromatic carbocycles. The van der Waals surface area contributed by atoms with Crippen molar-refractivity contribution in [2.75, 3.05) is 0 Å². The third kappa shape index (κ3) is 0.812. The van der Waals surface area contributed by atoms with Gasteiger partial charge < -0.3 is 4.74 Å². The molecule has 2 bridgehead atoms. The van der Waals surface area contributed by atoms with Crippen LogP contribution in [0.15, 0.2) is 30.4 Å². The van der Waals surface area contributed by atoms with Gasteiger partial charge in [-0.15, -0.1) is 0 Å². The first-order valence-electron chi connectivity index (χ1n) is 4.37. The molecule has 2 atom stereocenters. The van der Waals surface area contributed by atoms with Crippen LogP contribution in [0.1, 0.15) is 24.2 Å². The largest absolute Gasteiger partial charge is 0.354 e. The zero-order valence-electron chi connectivity index (χ0n) is 7.25. The summed E-state index contributed by atoms with van der Waals surface area (Å²) in [4.78, 5) is 0. The number of ether oxygens (including phenoxy) is 1. The Morgan fingerprint density at radius 2 is 2.31 bits per heavy atom. The third-order valence-electron chi connectivity index (χ3n) is 2.81. The molecule has 3 rings (SSSR count). The Morgan fingerprint density at radius 1 is 1.46 bits per heavy atom. The topological polar surface area (TPSA) is 9.23 Å². The lowest BCUT2D eigenvalue weighted by atomic mass is 9.89. The predicted octanol–water partition coefficient (Wildman–Crippen LogP) is 3.20. The summed E-state index contributed by atoms with van der Waals surface area (Å²) >= 11 is 6.14. The van der Waals surface area contributed by atoms with Gasteiger partial charge in [0.2, 0.25) is 0 Å². The Morgan fingerprint density at radius 3 is 3.08 bits per heavy atom. The van der Waals surface area contributed by atoms with Gasteiger partial charge in [-0.1, -0.05) is 29.8 Å². The minimum absolute atomic E-state index is 0.124. The first-order chi connectivity index (χ1) is 6.21. The van der Waals surface area contributed by atoms with E-state index in [1.807, 2.05) is 12.1 Å². The quantitative estimate of drug-likeness (QED) is 0.574. The van der Waals surface area contributed by atoms with Gasteiger partial charge in [0.15, 0.2) is 0 Å². The number of halogens is 1. The van der Waals surface area contributed by atoms with E-state index in [4.69, 9.17) is 16.3 Å². The smallest absolute Gasteiger partial charge is 0.112 e. The van der Waals surface area contributed by atoms with Gasteiger partial charge in [-0.05, 0) is 24.6 Å². The molecule has 2 aliphatic rings. The van der Waals surface area contributed by atoms with E-state index < -0.39 is 0 Å². The fourth-order valence-electron chi connectivity index (χ4n) is 2.22. The van der Waals surface area contributed by atoms with Crippen molar-refractivity contribution in [3.63, 3.8) is 0 Å². The van der Waals surface area contributed by atoms with Crippen LogP contribution in [0.4, 0.5) is 0 Å².